The van der Waals surface area contributed by atoms with Crippen molar-refractivity contribution in [3.63, 3.8) is 0 Å². The maximum absolute atomic E-state index is 6.45. The number of hydrogen-bond donors (Lipinski definition) is 0. The van der Waals surface area contributed by atoms with Gasteiger partial charge in [0.1, 0.15) is 11.9 Å². The van der Waals surface area contributed by atoms with E-state index in [4.69, 9.17) is 13.9 Å². The van der Waals surface area contributed by atoms with Crippen LogP contribution in [0.1, 0.15) is 58.1 Å². The highest BCUT2D eigenvalue weighted by molar-refractivity contribution is 6.74. The molecule has 1 aliphatic carbocycles. The van der Waals surface area contributed by atoms with E-state index in [1.165, 1.54) is 12.8 Å². The Balaban J connectivity index is 1.80. The summed E-state index contributed by atoms with van der Waals surface area (Å²) in [5.41, 5.74) is 1.13. The fourth-order valence-electron chi connectivity index (χ4n) is 3.14. The lowest BCUT2D eigenvalue weighted by Crippen LogP contribution is -2.45. The van der Waals surface area contributed by atoms with E-state index in [0.717, 1.165) is 24.2 Å². The first-order valence-corrected chi connectivity index (χ1v) is 11.7. The van der Waals surface area contributed by atoms with Gasteiger partial charge in [-0.15, -0.1) is 0 Å². The first kappa shape index (κ1) is 17.0. The van der Waals surface area contributed by atoms with Crippen LogP contribution in [0.25, 0.3) is 0 Å². The number of hydrogen-bond acceptors (Lipinski definition) is 3. The van der Waals surface area contributed by atoms with Gasteiger partial charge in [-0.3, -0.25) is 0 Å². The monoisotopic (exact) mass is 334 g/mol. The van der Waals surface area contributed by atoms with Crippen LogP contribution in [0.4, 0.5) is 0 Å². The van der Waals surface area contributed by atoms with Crippen molar-refractivity contribution in [2.75, 3.05) is 6.61 Å². The zero-order valence-electron chi connectivity index (χ0n) is 15.1. The average Bonchev–Trinajstić information content (AvgIpc) is 2.91. The van der Waals surface area contributed by atoms with Gasteiger partial charge < -0.3 is 13.9 Å². The highest BCUT2D eigenvalue weighted by Crippen LogP contribution is 2.46. The Hall–Kier alpha value is -0.843. The van der Waals surface area contributed by atoms with Crippen LogP contribution in [0.5, 0.6) is 5.75 Å². The molecule has 1 fully saturated rings. The Morgan fingerprint density at radius 3 is 2.48 bits per heavy atom. The molecule has 0 bridgehead atoms. The van der Waals surface area contributed by atoms with E-state index in [9.17, 15) is 0 Å². The van der Waals surface area contributed by atoms with Crippen molar-refractivity contribution in [3.05, 3.63) is 29.8 Å². The minimum Gasteiger partial charge on any atom is -0.462 e. The molecule has 1 saturated carbocycles. The van der Waals surface area contributed by atoms with Crippen LogP contribution in [0, 0.1) is 0 Å². The van der Waals surface area contributed by atoms with Crippen molar-refractivity contribution in [3.8, 4) is 5.75 Å². The molecule has 1 spiro atoms. The normalized spacial score (nSPS) is 23.6. The summed E-state index contributed by atoms with van der Waals surface area (Å²) in [6.45, 7) is 12.0. The van der Waals surface area contributed by atoms with E-state index in [0.29, 0.717) is 6.61 Å². The van der Waals surface area contributed by atoms with Crippen LogP contribution < -0.4 is 4.74 Å². The number of para-hydroxylation sites is 1. The smallest absolute Gasteiger partial charge is 0.211 e. The van der Waals surface area contributed by atoms with E-state index in [1.54, 1.807) is 0 Å². The predicted octanol–water partition coefficient (Wildman–Crippen LogP) is 5.43. The summed E-state index contributed by atoms with van der Waals surface area (Å²) < 4.78 is 19.1. The third kappa shape index (κ3) is 3.35. The van der Waals surface area contributed by atoms with Gasteiger partial charge in [-0.1, -0.05) is 39.0 Å². The number of fused-ring (bicyclic) bond motifs is 1. The lowest BCUT2D eigenvalue weighted by Gasteiger charge is -2.42. The van der Waals surface area contributed by atoms with Gasteiger partial charge in [0.05, 0.1) is 6.61 Å². The van der Waals surface area contributed by atoms with Crippen LogP contribution in [-0.4, -0.2) is 20.7 Å². The molecular weight excluding hydrogens is 304 g/mol. The van der Waals surface area contributed by atoms with E-state index in [-0.39, 0.29) is 11.1 Å². The third-order valence-corrected chi connectivity index (χ3v) is 10.2. The van der Waals surface area contributed by atoms with Crippen LogP contribution in [0.3, 0.4) is 0 Å². The fourth-order valence-corrected chi connectivity index (χ4v) is 4.15. The fraction of sp³-hybridized carbons (Fsp3) is 0.684. The molecule has 0 unspecified atom stereocenters. The molecule has 128 valence electrons. The largest absolute Gasteiger partial charge is 0.462 e. The third-order valence-electron chi connectivity index (χ3n) is 5.69. The first-order valence-electron chi connectivity index (χ1n) is 8.82. The summed E-state index contributed by atoms with van der Waals surface area (Å²) >= 11 is 0. The van der Waals surface area contributed by atoms with E-state index < -0.39 is 14.1 Å². The molecule has 4 heteroatoms. The summed E-state index contributed by atoms with van der Waals surface area (Å²) in [5.74, 6) is 0.556. The number of rotatable bonds is 3. The molecule has 1 aromatic rings. The van der Waals surface area contributed by atoms with Crippen molar-refractivity contribution in [2.24, 2.45) is 0 Å². The summed E-state index contributed by atoms with van der Waals surface area (Å²) in [7, 11) is -1.78. The first-order chi connectivity index (χ1) is 10.7. The van der Waals surface area contributed by atoms with Crippen LogP contribution >= 0.6 is 0 Å². The standard InChI is InChI=1S/C19H30O3Si/c1-18(2,3)23(4,5)20-14-17-15-10-6-7-11-16(15)21-19(22-17)12-8-9-13-19/h6-7,10-11,17H,8-9,12-14H2,1-5H3/t17-/m0/s1. The molecule has 1 atom stereocenters. The molecule has 0 aromatic heterocycles. The van der Waals surface area contributed by atoms with Crippen molar-refractivity contribution < 1.29 is 13.9 Å². The second-order valence-electron chi connectivity index (χ2n) is 8.44. The molecule has 3 nitrogen and oxygen atoms in total. The molecule has 2 aliphatic rings. The Labute approximate surface area is 141 Å². The lowest BCUT2D eigenvalue weighted by molar-refractivity contribution is -0.231. The lowest BCUT2D eigenvalue weighted by atomic mass is 10.1. The van der Waals surface area contributed by atoms with Gasteiger partial charge in [0.25, 0.3) is 0 Å². The van der Waals surface area contributed by atoms with E-state index in [1.807, 2.05) is 6.07 Å². The summed E-state index contributed by atoms with van der Waals surface area (Å²) in [6.07, 6.45) is 4.30. The van der Waals surface area contributed by atoms with Crippen LogP contribution in [-0.2, 0) is 9.16 Å². The van der Waals surface area contributed by atoms with Crippen molar-refractivity contribution in [2.45, 2.75) is 76.5 Å². The molecule has 3 rings (SSSR count). The molecule has 0 saturated heterocycles. The van der Waals surface area contributed by atoms with Crippen LogP contribution in [0.2, 0.25) is 18.1 Å². The second kappa shape index (κ2) is 5.90. The zero-order valence-corrected chi connectivity index (χ0v) is 16.1. The van der Waals surface area contributed by atoms with Gasteiger partial charge in [0, 0.05) is 18.4 Å². The summed E-state index contributed by atoms with van der Waals surface area (Å²) in [6, 6.07) is 8.27. The topological polar surface area (TPSA) is 27.7 Å². The summed E-state index contributed by atoms with van der Waals surface area (Å²) in [5, 5.41) is 0.211. The maximum Gasteiger partial charge on any atom is 0.211 e. The summed E-state index contributed by atoms with van der Waals surface area (Å²) in [4.78, 5) is 0. The Bertz CT molecular complexity index is 556. The van der Waals surface area contributed by atoms with Crippen molar-refractivity contribution >= 4 is 8.32 Å². The molecule has 1 aromatic carbocycles. The van der Waals surface area contributed by atoms with Crippen molar-refractivity contribution in [1.82, 2.24) is 0 Å². The van der Waals surface area contributed by atoms with Crippen molar-refractivity contribution in [1.29, 1.82) is 0 Å². The average molecular weight is 335 g/mol. The molecule has 23 heavy (non-hydrogen) atoms. The quantitative estimate of drug-likeness (QED) is 0.690. The Morgan fingerprint density at radius 2 is 1.83 bits per heavy atom. The maximum atomic E-state index is 6.45. The highest BCUT2D eigenvalue weighted by atomic mass is 28.4. The zero-order chi connectivity index (χ0) is 16.7. The minimum absolute atomic E-state index is 0.0211. The van der Waals surface area contributed by atoms with Gasteiger partial charge in [0.15, 0.2) is 8.32 Å². The molecule has 1 aliphatic heterocycles. The van der Waals surface area contributed by atoms with Gasteiger partial charge in [-0.2, -0.15) is 0 Å². The Morgan fingerprint density at radius 1 is 1.17 bits per heavy atom. The SMILES string of the molecule is CC(C)(C)[Si](C)(C)OC[C@@H]1OC2(CCCC2)Oc2ccccc21. The van der Waals surface area contributed by atoms with Gasteiger partial charge in [-0.05, 0) is 37.0 Å². The molecule has 0 radical (unpaired) electrons. The van der Waals surface area contributed by atoms with Crippen LogP contribution in [0.15, 0.2) is 24.3 Å². The minimum atomic E-state index is -1.78. The van der Waals surface area contributed by atoms with Gasteiger partial charge >= 0.3 is 0 Å². The molecule has 1 heterocycles. The second-order valence-corrected chi connectivity index (χ2v) is 13.2. The van der Waals surface area contributed by atoms with Gasteiger partial charge in [-0.25, -0.2) is 0 Å². The molecule has 0 amide bonds. The highest BCUT2D eigenvalue weighted by Gasteiger charge is 2.45. The molecule has 0 N–H and O–H groups in total. The van der Waals surface area contributed by atoms with E-state index >= 15 is 0 Å². The molecular formula is C19H30O3Si. The predicted molar refractivity (Wildman–Crippen MR) is 95.2 cm³/mol. The van der Waals surface area contributed by atoms with E-state index in [2.05, 4.69) is 52.1 Å². The van der Waals surface area contributed by atoms with Gasteiger partial charge in [0.2, 0.25) is 5.79 Å². The Kier molecular flexibility index (Phi) is 4.36. The number of ether oxygens (including phenoxy) is 2. The number of benzene rings is 1.